The highest BCUT2D eigenvalue weighted by molar-refractivity contribution is 7.92. The largest absolute Gasteiger partial charge is 0.495 e. The van der Waals surface area contributed by atoms with Gasteiger partial charge in [-0.1, -0.05) is 29.8 Å². The molecule has 1 N–H and O–H groups in total. The van der Waals surface area contributed by atoms with Crippen molar-refractivity contribution in [2.45, 2.75) is 46.7 Å². The van der Waals surface area contributed by atoms with Gasteiger partial charge in [0.2, 0.25) is 15.9 Å². The molecule has 0 saturated carbocycles. The quantitative estimate of drug-likeness (QED) is 0.745. The van der Waals surface area contributed by atoms with Crippen LogP contribution in [0.2, 0.25) is 0 Å². The molecule has 0 aliphatic carbocycles. The average Bonchev–Trinajstić information content (AvgIpc) is 2.60. The van der Waals surface area contributed by atoms with Gasteiger partial charge in [-0.15, -0.1) is 0 Å². The lowest BCUT2D eigenvalue weighted by Crippen LogP contribution is -2.48. The van der Waals surface area contributed by atoms with Gasteiger partial charge in [0.05, 0.1) is 25.1 Å². The van der Waals surface area contributed by atoms with Crippen LogP contribution in [0.3, 0.4) is 0 Å². The van der Waals surface area contributed by atoms with Crippen molar-refractivity contribution >= 4 is 21.6 Å². The van der Waals surface area contributed by atoms with Crippen molar-refractivity contribution in [3.8, 4) is 5.75 Å². The van der Waals surface area contributed by atoms with Crippen molar-refractivity contribution in [2.75, 3.05) is 17.7 Å². The summed E-state index contributed by atoms with van der Waals surface area (Å²) in [5.74, 6) is 0.00885. The standard InChI is InChI=1S/C22H30N2O4S/c1-14-8-10-19(16(3)12-14)17(4)23-22(25)18(5)24(29(7,26)27)20-13-15(2)9-11-21(20)28-6/h8-13,17-18H,1-7H3,(H,23,25)/t17-,18+/m1/s1. The summed E-state index contributed by atoms with van der Waals surface area (Å²) in [5, 5.41) is 2.94. The first kappa shape index (κ1) is 22.7. The molecule has 0 aromatic heterocycles. The van der Waals surface area contributed by atoms with Gasteiger partial charge in [0.1, 0.15) is 11.8 Å². The monoisotopic (exact) mass is 418 g/mol. The fourth-order valence-corrected chi connectivity index (χ4v) is 4.65. The van der Waals surface area contributed by atoms with E-state index in [1.807, 2.05) is 45.9 Å². The number of anilines is 1. The van der Waals surface area contributed by atoms with E-state index < -0.39 is 16.1 Å². The van der Waals surface area contributed by atoms with E-state index in [9.17, 15) is 13.2 Å². The number of nitrogens with zero attached hydrogens (tertiary/aromatic N) is 1. The SMILES string of the molecule is COc1ccc(C)cc1N([C@@H](C)C(=O)N[C@H](C)c1ccc(C)cc1C)S(C)(=O)=O. The van der Waals surface area contributed by atoms with Crippen LogP contribution in [-0.4, -0.2) is 33.7 Å². The van der Waals surface area contributed by atoms with Crippen LogP contribution in [0.15, 0.2) is 36.4 Å². The molecule has 2 rings (SSSR count). The maximum atomic E-state index is 13.0. The van der Waals surface area contributed by atoms with Crippen molar-refractivity contribution in [1.82, 2.24) is 5.32 Å². The molecule has 6 nitrogen and oxygen atoms in total. The van der Waals surface area contributed by atoms with E-state index in [0.717, 1.165) is 32.8 Å². The minimum atomic E-state index is -3.73. The molecule has 0 bridgehead atoms. The van der Waals surface area contributed by atoms with Crippen LogP contribution in [0.5, 0.6) is 5.75 Å². The maximum absolute atomic E-state index is 13.0. The van der Waals surface area contributed by atoms with Gasteiger partial charge < -0.3 is 10.1 Å². The van der Waals surface area contributed by atoms with Crippen LogP contribution < -0.4 is 14.4 Å². The third-order valence-electron chi connectivity index (χ3n) is 4.91. The molecule has 0 saturated heterocycles. The second-order valence-electron chi connectivity index (χ2n) is 7.50. The molecule has 2 atom stereocenters. The fraction of sp³-hybridized carbons (Fsp3) is 0.409. The molecule has 0 aliphatic heterocycles. The first-order chi connectivity index (χ1) is 13.5. The number of aryl methyl sites for hydroxylation is 3. The van der Waals surface area contributed by atoms with Gasteiger partial charge in [-0.3, -0.25) is 9.10 Å². The number of hydrogen-bond acceptors (Lipinski definition) is 4. The fourth-order valence-electron chi connectivity index (χ4n) is 3.48. The summed E-state index contributed by atoms with van der Waals surface area (Å²) in [7, 11) is -2.26. The topological polar surface area (TPSA) is 75.7 Å². The summed E-state index contributed by atoms with van der Waals surface area (Å²) in [6.07, 6.45) is 1.09. The Bertz CT molecular complexity index is 1000. The number of methoxy groups -OCH3 is 1. The van der Waals surface area contributed by atoms with Gasteiger partial charge in [-0.2, -0.15) is 0 Å². The zero-order chi connectivity index (χ0) is 21.9. The summed E-state index contributed by atoms with van der Waals surface area (Å²) < 4.78 is 31.6. The van der Waals surface area contributed by atoms with Crippen molar-refractivity contribution in [1.29, 1.82) is 0 Å². The Hall–Kier alpha value is -2.54. The number of carbonyl (C=O) groups excluding carboxylic acids is 1. The smallest absolute Gasteiger partial charge is 0.244 e. The van der Waals surface area contributed by atoms with E-state index in [4.69, 9.17) is 4.74 Å². The van der Waals surface area contributed by atoms with Crippen molar-refractivity contribution in [3.05, 3.63) is 58.7 Å². The van der Waals surface area contributed by atoms with Crippen molar-refractivity contribution in [2.24, 2.45) is 0 Å². The normalized spacial score (nSPS) is 13.5. The lowest BCUT2D eigenvalue weighted by atomic mass is 10.00. The minimum Gasteiger partial charge on any atom is -0.495 e. The third-order valence-corrected chi connectivity index (χ3v) is 6.14. The van der Waals surface area contributed by atoms with E-state index in [-0.39, 0.29) is 11.9 Å². The number of amides is 1. The maximum Gasteiger partial charge on any atom is 0.244 e. The number of carbonyl (C=O) groups is 1. The van der Waals surface area contributed by atoms with E-state index >= 15 is 0 Å². The minimum absolute atomic E-state index is 0.258. The Morgan fingerprint density at radius 2 is 1.62 bits per heavy atom. The lowest BCUT2D eigenvalue weighted by molar-refractivity contribution is -0.122. The Morgan fingerprint density at radius 1 is 1.03 bits per heavy atom. The molecule has 29 heavy (non-hydrogen) atoms. The van der Waals surface area contributed by atoms with Gasteiger partial charge in [0.15, 0.2) is 0 Å². The number of rotatable bonds is 7. The Kier molecular flexibility index (Phi) is 6.95. The summed E-state index contributed by atoms with van der Waals surface area (Å²) in [6, 6.07) is 10.1. The predicted octanol–water partition coefficient (Wildman–Crippen LogP) is 3.65. The summed E-state index contributed by atoms with van der Waals surface area (Å²) >= 11 is 0. The van der Waals surface area contributed by atoms with E-state index in [2.05, 4.69) is 11.4 Å². The molecule has 0 heterocycles. The van der Waals surface area contributed by atoms with E-state index in [1.165, 1.54) is 7.11 Å². The molecule has 7 heteroatoms. The Labute approximate surface area is 173 Å². The molecule has 1 amide bonds. The molecule has 0 aliphatic rings. The molecule has 2 aromatic carbocycles. The number of ether oxygens (including phenoxy) is 1. The molecule has 0 fully saturated rings. The zero-order valence-corrected chi connectivity index (χ0v) is 18.9. The van der Waals surface area contributed by atoms with E-state index in [0.29, 0.717) is 11.4 Å². The van der Waals surface area contributed by atoms with Crippen LogP contribution in [0.1, 0.15) is 42.1 Å². The van der Waals surface area contributed by atoms with Crippen molar-refractivity contribution in [3.63, 3.8) is 0 Å². The average molecular weight is 419 g/mol. The van der Waals surface area contributed by atoms with Crippen LogP contribution >= 0.6 is 0 Å². The second-order valence-corrected chi connectivity index (χ2v) is 9.36. The molecular formula is C22H30N2O4S. The van der Waals surface area contributed by atoms with Crippen LogP contribution in [0.4, 0.5) is 5.69 Å². The van der Waals surface area contributed by atoms with Gasteiger partial charge >= 0.3 is 0 Å². The number of sulfonamides is 1. The molecule has 0 spiro atoms. The summed E-state index contributed by atoms with van der Waals surface area (Å²) in [5.41, 5.74) is 4.43. The van der Waals surface area contributed by atoms with E-state index in [1.54, 1.807) is 19.1 Å². The zero-order valence-electron chi connectivity index (χ0n) is 18.1. The Morgan fingerprint density at radius 3 is 2.17 bits per heavy atom. The van der Waals surface area contributed by atoms with Crippen molar-refractivity contribution < 1.29 is 17.9 Å². The molecule has 158 valence electrons. The van der Waals surface area contributed by atoms with Gasteiger partial charge in [-0.25, -0.2) is 8.42 Å². The third kappa shape index (κ3) is 5.29. The highest BCUT2D eigenvalue weighted by Crippen LogP contribution is 2.33. The predicted molar refractivity (Wildman–Crippen MR) is 117 cm³/mol. The summed E-state index contributed by atoms with van der Waals surface area (Å²) in [6.45, 7) is 9.33. The molecule has 2 aromatic rings. The van der Waals surface area contributed by atoms with Crippen LogP contribution in [-0.2, 0) is 14.8 Å². The molecule has 0 unspecified atom stereocenters. The summed E-state index contributed by atoms with van der Waals surface area (Å²) in [4.78, 5) is 13.0. The lowest BCUT2D eigenvalue weighted by Gasteiger charge is -2.30. The molecule has 0 radical (unpaired) electrons. The second kappa shape index (κ2) is 8.86. The highest BCUT2D eigenvalue weighted by atomic mass is 32.2. The van der Waals surface area contributed by atoms with Gasteiger partial charge in [0.25, 0.3) is 0 Å². The van der Waals surface area contributed by atoms with Crippen LogP contribution in [0.25, 0.3) is 0 Å². The van der Waals surface area contributed by atoms with Gasteiger partial charge in [0, 0.05) is 0 Å². The number of nitrogens with one attached hydrogen (secondary N) is 1. The van der Waals surface area contributed by atoms with Crippen LogP contribution in [0, 0.1) is 20.8 Å². The molecular weight excluding hydrogens is 388 g/mol. The van der Waals surface area contributed by atoms with Gasteiger partial charge in [-0.05, 0) is 63.4 Å². The Balaban J connectivity index is 2.36. The first-order valence-electron chi connectivity index (χ1n) is 9.47. The first-order valence-corrected chi connectivity index (χ1v) is 11.3. The number of hydrogen-bond donors (Lipinski definition) is 1. The highest BCUT2D eigenvalue weighted by Gasteiger charge is 2.32. The number of benzene rings is 2.